The summed E-state index contributed by atoms with van der Waals surface area (Å²) in [6.07, 6.45) is 10.0. The first-order chi connectivity index (χ1) is 13.5. The summed E-state index contributed by atoms with van der Waals surface area (Å²) >= 11 is 6.06. The van der Waals surface area contributed by atoms with Crippen molar-refractivity contribution in [2.75, 3.05) is 6.61 Å². The highest BCUT2D eigenvalue weighted by Gasteiger charge is 2.46. The summed E-state index contributed by atoms with van der Waals surface area (Å²) in [6, 6.07) is 6.74. The van der Waals surface area contributed by atoms with E-state index in [1.54, 1.807) is 38.1 Å². The Hall–Kier alpha value is -1.55. The average Bonchev–Trinajstić information content (AvgIpc) is 2.70. The van der Waals surface area contributed by atoms with Crippen LogP contribution >= 0.6 is 11.6 Å². The third kappa shape index (κ3) is 7.46. The van der Waals surface area contributed by atoms with E-state index in [0.717, 1.165) is 19.3 Å². The van der Waals surface area contributed by atoms with Crippen molar-refractivity contribution in [1.29, 1.82) is 0 Å². The molecule has 0 aliphatic heterocycles. The number of rotatable bonds is 14. The molecule has 1 aromatic carbocycles. The van der Waals surface area contributed by atoms with Crippen LogP contribution in [0, 0.1) is 5.41 Å². The van der Waals surface area contributed by atoms with E-state index in [4.69, 9.17) is 21.1 Å². The van der Waals surface area contributed by atoms with Crippen LogP contribution in [-0.2, 0) is 14.3 Å². The highest BCUT2D eigenvalue weighted by molar-refractivity contribution is 6.32. The van der Waals surface area contributed by atoms with Gasteiger partial charge in [-0.2, -0.15) is 0 Å². The Bertz CT molecular complexity index is 596. The quantitative estimate of drug-likeness (QED) is 0.147. The second-order valence-corrected chi connectivity index (χ2v) is 7.63. The predicted molar refractivity (Wildman–Crippen MR) is 114 cm³/mol. The lowest BCUT2D eigenvalue weighted by molar-refractivity contribution is -0.168. The summed E-state index contributed by atoms with van der Waals surface area (Å²) in [5, 5.41) is 0.337. The van der Waals surface area contributed by atoms with Crippen molar-refractivity contribution >= 4 is 23.5 Å². The fourth-order valence-corrected chi connectivity index (χ4v) is 3.35. The van der Waals surface area contributed by atoms with E-state index < -0.39 is 17.4 Å². The Morgan fingerprint density at radius 1 is 0.857 bits per heavy atom. The van der Waals surface area contributed by atoms with Gasteiger partial charge in [-0.1, -0.05) is 89.5 Å². The Kier molecular flexibility index (Phi) is 11.9. The average molecular weight is 411 g/mol. The minimum absolute atomic E-state index is 0.260. The van der Waals surface area contributed by atoms with E-state index >= 15 is 0 Å². The maximum Gasteiger partial charge on any atom is 0.328 e. The molecular formula is C23H35ClO4. The summed E-state index contributed by atoms with van der Waals surface area (Å²) in [7, 11) is 0. The van der Waals surface area contributed by atoms with E-state index in [1.165, 1.54) is 32.1 Å². The van der Waals surface area contributed by atoms with E-state index in [9.17, 15) is 9.59 Å². The molecule has 158 valence electrons. The van der Waals surface area contributed by atoms with Crippen molar-refractivity contribution in [3.05, 3.63) is 29.3 Å². The molecule has 28 heavy (non-hydrogen) atoms. The molecule has 0 aliphatic rings. The van der Waals surface area contributed by atoms with Crippen LogP contribution in [0.1, 0.15) is 85.0 Å². The lowest BCUT2D eigenvalue weighted by atomic mass is 9.82. The second-order valence-electron chi connectivity index (χ2n) is 7.22. The molecular weight excluding hydrogens is 376 g/mol. The minimum Gasteiger partial charge on any atom is -0.465 e. The maximum atomic E-state index is 12.8. The number of para-hydroxylation sites is 1. The number of hydrogen-bond acceptors (Lipinski definition) is 4. The van der Waals surface area contributed by atoms with Crippen LogP contribution in [-0.4, -0.2) is 18.5 Å². The van der Waals surface area contributed by atoms with Crippen molar-refractivity contribution < 1.29 is 19.1 Å². The van der Waals surface area contributed by atoms with Gasteiger partial charge in [-0.3, -0.25) is 9.59 Å². The molecule has 0 aromatic heterocycles. The maximum absolute atomic E-state index is 12.8. The monoisotopic (exact) mass is 410 g/mol. The Morgan fingerprint density at radius 2 is 1.43 bits per heavy atom. The van der Waals surface area contributed by atoms with Gasteiger partial charge in [0.15, 0.2) is 5.41 Å². The molecule has 0 heterocycles. The lowest BCUT2D eigenvalue weighted by Crippen LogP contribution is -2.42. The molecule has 0 fully saturated rings. The van der Waals surface area contributed by atoms with E-state index in [-0.39, 0.29) is 5.75 Å². The zero-order valence-electron chi connectivity index (χ0n) is 17.6. The molecule has 0 spiro atoms. The van der Waals surface area contributed by atoms with Gasteiger partial charge >= 0.3 is 11.9 Å². The van der Waals surface area contributed by atoms with E-state index in [1.807, 2.05) is 0 Å². The summed E-state index contributed by atoms with van der Waals surface area (Å²) in [4.78, 5) is 25.5. The number of carbonyl (C=O) groups excluding carboxylic acids is 2. The molecule has 0 saturated heterocycles. The van der Waals surface area contributed by atoms with Crippen molar-refractivity contribution in [2.45, 2.75) is 85.0 Å². The molecule has 0 saturated carbocycles. The van der Waals surface area contributed by atoms with Gasteiger partial charge in [-0.15, -0.1) is 0 Å². The zero-order chi connectivity index (χ0) is 20.8. The molecule has 5 heteroatoms. The van der Waals surface area contributed by atoms with Gasteiger partial charge in [0.25, 0.3) is 0 Å². The SMILES string of the molecule is CCCCCCCCCCOC(=O)C(CC)(CC)C(=O)Oc1ccccc1Cl. The standard InChI is InChI=1S/C23H35ClO4/c1-4-7-8-9-10-11-12-15-18-27-21(25)23(5-2,6-3)22(26)28-20-17-14-13-16-19(20)24/h13-14,16-17H,4-12,15,18H2,1-3H3. The summed E-state index contributed by atoms with van der Waals surface area (Å²) in [5.74, 6) is -0.847. The van der Waals surface area contributed by atoms with Crippen LogP contribution < -0.4 is 4.74 Å². The number of carbonyl (C=O) groups is 2. The van der Waals surface area contributed by atoms with Crippen LogP contribution in [0.2, 0.25) is 5.02 Å². The summed E-state index contributed by atoms with van der Waals surface area (Å²) in [6.45, 7) is 6.16. The molecule has 0 aliphatic carbocycles. The van der Waals surface area contributed by atoms with Crippen molar-refractivity contribution in [3.8, 4) is 5.75 Å². The highest BCUT2D eigenvalue weighted by atomic mass is 35.5. The Morgan fingerprint density at radius 3 is 2.00 bits per heavy atom. The number of hydrogen-bond donors (Lipinski definition) is 0. The molecule has 0 N–H and O–H groups in total. The first-order valence-corrected chi connectivity index (χ1v) is 11.0. The van der Waals surface area contributed by atoms with Crippen molar-refractivity contribution in [3.63, 3.8) is 0 Å². The first kappa shape index (κ1) is 24.5. The van der Waals surface area contributed by atoms with Crippen LogP contribution in [0.5, 0.6) is 5.75 Å². The molecule has 1 rings (SSSR count). The van der Waals surface area contributed by atoms with Crippen LogP contribution in [0.15, 0.2) is 24.3 Å². The van der Waals surface area contributed by atoms with Gasteiger partial charge in [-0.05, 0) is 31.4 Å². The van der Waals surface area contributed by atoms with Gasteiger partial charge in [0.2, 0.25) is 0 Å². The molecule has 0 unspecified atom stereocenters. The number of benzene rings is 1. The van der Waals surface area contributed by atoms with Gasteiger partial charge in [-0.25, -0.2) is 0 Å². The molecule has 0 amide bonds. The fraction of sp³-hybridized carbons (Fsp3) is 0.652. The second kappa shape index (κ2) is 13.6. The highest BCUT2D eigenvalue weighted by Crippen LogP contribution is 2.33. The number of unbranched alkanes of at least 4 members (excludes halogenated alkanes) is 7. The largest absolute Gasteiger partial charge is 0.465 e. The summed E-state index contributed by atoms with van der Waals surface area (Å²) in [5.41, 5.74) is -1.29. The van der Waals surface area contributed by atoms with E-state index in [0.29, 0.717) is 24.5 Å². The van der Waals surface area contributed by atoms with Crippen LogP contribution in [0.25, 0.3) is 0 Å². The van der Waals surface area contributed by atoms with Crippen LogP contribution in [0.4, 0.5) is 0 Å². The Labute approximate surface area is 174 Å². The third-order valence-electron chi connectivity index (χ3n) is 5.26. The predicted octanol–water partition coefficient (Wildman–Crippen LogP) is 6.74. The van der Waals surface area contributed by atoms with Crippen LogP contribution in [0.3, 0.4) is 0 Å². The Balaban J connectivity index is 2.49. The summed E-state index contributed by atoms with van der Waals surface area (Å²) < 4.78 is 10.9. The van der Waals surface area contributed by atoms with Gasteiger partial charge < -0.3 is 9.47 Å². The smallest absolute Gasteiger partial charge is 0.328 e. The fourth-order valence-electron chi connectivity index (χ4n) is 3.17. The van der Waals surface area contributed by atoms with Gasteiger partial charge in [0, 0.05) is 0 Å². The zero-order valence-corrected chi connectivity index (χ0v) is 18.4. The van der Waals surface area contributed by atoms with E-state index in [2.05, 4.69) is 6.92 Å². The molecule has 1 aromatic rings. The topological polar surface area (TPSA) is 52.6 Å². The number of halogens is 1. The number of ether oxygens (including phenoxy) is 2. The first-order valence-electron chi connectivity index (χ1n) is 10.7. The minimum atomic E-state index is -1.29. The van der Waals surface area contributed by atoms with Gasteiger partial charge in [0.05, 0.1) is 11.6 Å². The van der Waals surface area contributed by atoms with Crippen molar-refractivity contribution in [1.82, 2.24) is 0 Å². The third-order valence-corrected chi connectivity index (χ3v) is 5.57. The molecule has 0 atom stereocenters. The molecule has 0 radical (unpaired) electrons. The normalized spacial score (nSPS) is 11.3. The molecule has 0 bridgehead atoms. The van der Waals surface area contributed by atoms with Crippen molar-refractivity contribution in [2.24, 2.45) is 5.41 Å². The number of esters is 2. The lowest BCUT2D eigenvalue weighted by Gasteiger charge is -2.27. The van der Waals surface area contributed by atoms with Gasteiger partial charge in [0.1, 0.15) is 5.75 Å². The molecule has 4 nitrogen and oxygen atoms in total.